The minimum Gasteiger partial charge on any atom is -0.508 e. The molecule has 154 valence electrons. The molecule has 1 atom stereocenters. The van der Waals surface area contributed by atoms with E-state index in [9.17, 15) is 29.7 Å². The Morgan fingerprint density at radius 1 is 1.03 bits per heavy atom. The predicted molar refractivity (Wildman–Crippen MR) is 110 cm³/mol. The first-order chi connectivity index (χ1) is 14.3. The van der Waals surface area contributed by atoms with Crippen molar-refractivity contribution in [1.29, 1.82) is 0 Å². The maximum Gasteiger partial charge on any atom is 0.327 e. The van der Waals surface area contributed by atoms with E-state index in [1.165, 1.54) is 30.4 Å². The number of benzene rings is 2. The van der Waals surface area contributed by atoms with Gasteiger partial charge in [0.25, 0.3) is 5.56 Å². The van der Waals surface area contributed by atoms with Gasteiger partial charge in [0.15, 0.2) is 0 Å². The third-order valence-corrected chi connectivity index (χ3v) is 5.27. The third kappa shape index (κ3) is 4.58. The van der Waals surface area contributed by atoms with E-state index in [0.717, 1.165) is 15.9 Å². The van der Waals surface area contributed by atoms with Gasteiger partial charge in [0, 0.05) is 5.56 Å². The molecule has 3 aromatic rings. The molecule has 0 spiro atoms. The van der Waals surface area contributed by atoms with Crippen LogP contribution in [0.15, 0.2) is 53.3 Å². The van der Waals surface area contributed by atoms with Crippen LogP contribution in [0.1, 0.15) is 23.6 Å². The molecule has 9 heteroatoms. The first-order valence-corrected chi connectivity index (χ1v) is 9.54. The van der Waals surface area contributed by atoms with Gasteiger partial charge in [-0.1, -0.05) is 30.3 Å². The third-order valence-electron chi connectivity index (χ3n) is 4.23. The summed E-state index contributed by atoms with van der Waals surface area (Å²) in [6.07, 6.45) is 2.11. The molecule has 0 saturated heterocycles. The summed E-state index contributed by atoms with van der Waals surface area (Å²) in [5, 5.41) is 38.3. The first-order valence-electron chi connectivity index (χ1n) is 8.72. The summed E-state index contributed by atoms with van der Waals surface area (Å²) >= 11 is 0.954. The van der Waals surface area contributed by atoms with Crippen LogP contribution in [-0.4, -0.2) is 36.9 Å². The highest BCUT2D eigenvalue weighted by molar-refractivity contribution is 7.07. The van der Waals surface area contributed by atoms with Crippen molar-refractivity contribution in [2.45, 2.75) is 12.5 Å². The summed E-state index contributed by atoms with van der Waals surface area (Å²) < 4.78 is 1.22. The van der Waals surface area contributed by atoms with Gasteiger partial charge >= 0.3 is 11.9 Å². The number of aliphatic carboxylic acids is 2. The zero-order valence-corrected chi connectivity index (χ0v) is 16.2. The largest absolute Gasteiger partial charge is 0.508 e. The number of phenolic OH excluding ortho intramolecular Hbond substituents is 2. The van der Waals surface area contributed by atoms with Crippen molar-refractivity contribution in [3.8, 4) is 11.5 Å². The number of rotatable bonds is 6. The van der Waals surface area contributed by atoms with E-state index >= 15 is 0 Å². The van der Waals surface area contributed by atoms with Crippen molar-refractivity contribution < 1.29 is 30.0 Å². The molecular formula is C21H17NO7S. The smallest absolute Gasteiger partial charge is 0.327 e. The first kappa shape index (κ1) is 20.9. The molecule has 0 amide bonds. The highest BCUT2D eigenvalue weighted by Crippen LogP contribution is 2.17. The van der Waals surface area contributed by atoms with Gasteiger partial charge in [-0.25, -0.2) is 4.79 Å². The number of phenols is 2. The van der Waals surface area contributed by atoms with E-state index in [-0.39, 0.29) is 20.7 Å². The Balaban J connectivity index is 2.32. The van der Waals surface area contributed by atoms with Crippen LogP contribution in [0.5, 0.6) is 11.5 Å². The summed E-state index contributed by atoms with van der Waals surface area (Å²) in [7, 11) is 0. The minimum atomic E-state index is -1.63. The average Bonchev–Trinajstić information content (AvgIpc) is 2.96. The molecule has 1 aromatic heterocycles. The fourth-order valence-corrected chi connectivity index (χ4v) is 3.97. The summed E-state index contributed by atoms with van der Waals surface area (Å²) in [6.45, 7) is 0. The average molecular weight is 427 g/mol. The fraction of sp³-hybridized carbons (Fsp3) is 0.0952. The highest BCUT2D eigenvalue weighted by Gasteiger charge is 2.26. The lowest BCUT2D eigenvalue weighted by molar-refractivity contribution is -0.147. The SMILES string of the molecule is O=C(O)CC(C(=O)O)n1c(=Cc2ccccc2O)sc(=Cc2cccc(O)c2)c1=O. The Hall–Kier alpha value is -3.85. The van der Waals surface area contributed by atoms with Crippen LogP contribution >= 0.6 is 11.3 Å². The van der Waals surface area contributed by atoms with Gasteiger partial charge in [0.05, 0.1) is 11.0 Å². The molecule has 3 rings (SSSR count). The van der Waals surface area contributed by atoms with Gasteiger partial charge in [-0.3, -0.25) is 14.2 Å². The fourth-order valence-electron chi connectivity index (χ4n) is 2.87. The lowest BCUT2D eigenvalue weighted by Gasteiger charge is -2.11. The molecule has 0 radical (unpaired) electrons. The van der Waals surface area contributed by atoms with Crippen LogP contribution < -0.4 is 14.8 Å². The number of carbonyl (C=O) groups is 2. The van der Waals surface area contributed by atoms with Gasteiger partial charge in [0.1, 0.15) is 22.2 Å². The van der Waals surface area contributed by atoms with Crippen molar-refractivity contribution in [3.63, 3.8) is 0 Å². The van der Waals surface area contributed by atoms with Gasteiger partial charge < -0.3 is 20.4 Å². The van der Waals surface area contributed by atoms with Crippen molar-refractivity contribution >= 4 is 35.4 Å². The minimum absolute atomic E-state index is 0.00378. The topological polar surface area (TPSA) is 137 Å². The molecule has 0 aliphatic heterocycles. The van der Waals surface area contributed by atoms with E-state index in [1.54, 1.807) is 30.3 Å². The Bertz CT molecular complexity index is 1290. The van der Waals surface area contributed by atoms with Crippen LogP contribution in [0.4, 0.5) is 0 Å². The van der Waals surface area contributed by atoms with E-state index in [4.69, 9.17) is 5.11 Å². The summed E-state index contributed by atoms with van der Waals surface area (Å²) in [5.41, 5.74) is 0.175. The van der Waals surface area contributed by atoms with E-state index in [0.29, 0.717) is 11.1 Å². The second-order valence-corrected chi connectivity index (χ2v) is 7.44. The molecule has 0 aliphatic carbocycles. The molecule has 8 nitrogen and oxygen atoms in total. The number of hydrogen-bond donors (Lipinski definition) is 4. The Labute approximate surface area is 173 Å². The summed E-state index contributed by atoms with van der Waals surface area (Å²) in [6, 6.07) is 10.8. The van der Waals surface area contributed by atoms with Crippen LogP contribution in [0.25, 0.3) is 12.2 Å². The number of aromatic nitrogens is 1. The van der Waals surface area contributed by atoms with Crippen molar-refractivity contribution in [2.75, 3.05) is 0 Å². The second kappa shape index (κ2) is 8.66. The molecule has 30 heavy (non-hydrogen) atoms. The van der Waals surface area contributed by atoms with Crippen molar-refractivity contribution in [2.24, 2.45) is 0 Å². The number of carboxylic acid groups (broad SMARTS) is 2. The van der Waals surface area contributed by atoms with E-state index < -0.39 is 30.0 Å². The Morgan fingerprint density at radius 3 is 2.40 bits per heavy atom. The number of thiazole rings is 1. The quantitative estimate of drug-likeness (QED) is 0.462. The van der Waals surface area contributed by atoms with E-state index in [2.05, 4.69) is 0 Å². The van der Waals surface area contributed by atoms with Crippen molar-refractivity contribution in [3.05, 3.63) is 79.2 Å². The van der Waals surface area contributed by atoms with E-state index in [1.807, 2.05) is 0 Å². The molecule has 1 unspecified atom stereocenters. The molecule has 0 saturated carbocycles. The number of para-hydroxylation sites is 1. The highest BCUT2D eigenvalue weighted by atomic mass is 32.1. The predicted octanol–water partition coefficient (Wildman–Crippen LogP) is 1.08. The van der Waals surface area contributed by atoms with Crippen LogP contribution in [-0.2, 0) is 9.59 Å². The van der Waals surface area contributed by atoms with Crippen LogP contribution in [0, 0.1) is 0 Å². The maximum atomic E-state index is 13.0. The maximum absolute atomic E-state index is 13.0. The monoisotopic (exact) mass is 427 g/mol. The molecule has 4 N–H and O–H groups in total. The molecule has 1 heterocycles. The number of carboxylic acids is 2. The Kier molecular flexibility index (Phi) is 6.03. The van der Waals surface area contributed by atoms with Gasteiger partial charge in [-0.2, -0.15) is 0 Å². The van der Waals surface area contributed by atoms with Gasteiger partial charge in [0.2, 0.25) is 0 Å². The molecule has 0 fully saturated rings. The zero-order chi connectivity index (χ0) is 21.8. The van der Waals surface area contributed by atoms with Crippen LogP contribution in [0.3, 0.4) is 0 Å². The van der Waals surface area contributed by atoms with Crippen LogP contribution in [0.2, 0.25) is 0 Å². The number of aromatic hydroxyl groups is 2. The molecular weight excluding hydrogens is 410 g/mol. The zero-order valence-electron chi connectivity index (χ0n) is 15.4. The normalized spacial score (nSPS) is 13.3. The lowest BCUT2D eigenvalue weighted by atomic mass is 10.2. The lowest BCUT2D eigenvalue weighted by Crippen LogP contribution is -2.39. The summed E-state index contributed by atoms with van der Waals surface area (Å²) in [4.78, 5) is 36.0. The number of hydrogen-bond acceptors (Lipinski definition) is 6. The van der Waals surface area contributed by atoms with Gasteiger partial charge in [-0.05, 0) is 35.9 Å². The Morgan fingerprint density at radius 2 is 1.77 bits per heavy atom. The molecule has 0 aliphatic rings. The second-order valence-electron chi connectivity index (χ2n) is 6.37. The summed E-state index contributed by atoms with van der Waals surface area (Å²) in [5.74, 6) is -2.91. The van der Waals surface area contributed by atoms with Gasteiger partial charge in [-0.15, -0.1) is 11.3 Å². The standard InChI is InChI=1S/C21H17NO7S/c23-14-6-3-4-12(8-14)9-17-20(27)22(15(21(28)29)11-19(25)26)18(30-17)10-13-5-1-2-7-16(13)24/h1-10,15,23-24H,11H2,(H,25,26)(H,28,29). The molecule has 0 bridgehead atoms. The van der Waals surface area contributed by atoms with Crippen molar-refractivity contribution in [1.82, 2.24) is 4.57 Å². The molecule has 2 aromatic carbocycles. The number of nitrogens with zero attached hydrogens (tertiary/aromatic N) is 1.